The maximum absolute atomic E-state index is 11.8. The van der Waals surface area contributed by atoms with Gasteiger partial charge in [-0.05, 0) is 36.4 Å². The maximum atomic E-state index is 11.8. The van der Waals surface area contributed by atoms with Crippen LogP contribution in [0.3, 0.4) is 0 Å². The van der Waals surface area contributed by atoms with Crippen LogP contribution in [0.25, 0.3) is 0 Å². The molecule has 0 radical (unpaired) electrons. The highest BCUT2D eigenvalue weighted by molar-refractivity contribution is 6.11. The van der Waals surface area contributed by atoms with Crippen molar-refractivity contribution in [2.75, 3.05) is 0 Å². The van der Waals surface area contributed by atoms with Crippen molar-refractivity contribution < 1.29 is 14.7 Å². The number of carbonyl (C=O) groups excluding carboxylic acids is 2. The highest BCUT2D eigenvalue weighted by atomic mass is 16.3. The van der Waals surface area contributed by atoms with Crippen LogP contribution in [0.1, 0.15) is 20.7 Å². The minimum absolute atomic E-state index is 0.0980. The van der Waals surface area contributed by atoms with Crippen molar-refractivity contribution in [2.24, 2.45) is 0 Å². The van der Waals surface area contributed by atoms with E-state index in [1.807, 2.05) is 6.07 Å². The van der Waals surface area contributed by atoms with Crippen LogP contribution >= 0.6 is 0 Å². The lowest BCUT2D eigenvalue weighted by Gasteiger charge is -1.96. The Labute approximate surface area is 110 Å². The number of hydrogen-bond donors (Lipinski definition) is 1. The number of rotatable bonds is 4. The summed E-state index contributed by atoms with van der Waals surface area (Å²) in [6, 6.07) is 14.6. The Morgan fingerprint density at radius 3 is 1.74 bits per heavy atom. The van der Waals surface area contributed by atoms with Gasteiger partial charge in [0, 0.05) is 11.1 Å². The highest BCUT2D eigenvalue weighted by Gasteiger charge is 2.04. The third-order valence-corrected chi connectivity index (χ3v) is 2.60. The molecule has 0 aliphatic rings. The molecule has 2 aromatic rings. The standard InChI is InChI=1S/C16H12O3/c17-14-8-6-13(7-9-14)16(19)11-10-15(18)12-4-2-1-3-5-12/h1-11,17H/b11-10+. The molecule has 2 rings (SSSR count). The van der Waals surface area contributed by atoms with Crippen LogP contribution in [0.2, 0.25) is 0 Å². The summed E-state index contributed by atoms with van der Waals surface area (Å²) in [5, 5.41) is 9.12. The van der Waals surface area contributed by atoms with E-state index in [0.29, 0.717) is 11.1 Å². The van der Waals surface area contributed by atoms with Crippen molar-refractivity contribution in [3.8, 4) is 5.75 Å². The lowest BCUT2D eigenvalue weighted by Crippen LogP contribution is -1.98. The van der Waals surface area contributed by atoms with E-state index in [1.54, 1.807) is 24.3 Å². The molecule has 3 nitrogen and oxygen atoms in total. The van der Waals surface area contributed by atoms with Crippen LogP contribution in [0, 0.1) is 0 Å². The fourth-order valence-electron chi connectivity index (χ4n) is 1.57. The predicted molar refractivity (Wildman–Crippen MR) is 72.3 cm³/mol. The van der Waals surface area contributed by atoms with Crippen LogP contribution in [0.5, 0.6) is 5.75 Å². The van der Waals surface area contributed by atoms with E-state index < -0.39 is 0 Å². The molecule has 0 bridgehead atoms. The summed E-state index contributed by atoms with van der Waals surface area (Å²) in [5.41, 5.74) is 0.965. The Kier molecular flexibility index (Phi) is 3.88. The van der Waals surface area contributed by atoms with Crippen molar-refractivity contribution in [1.82, 2.24) is 0 Å². The summed E-state index contributed by atoms with van der Waals surface area (Å²) < 4.78 is 0. The molecular formula is C16H12O3. The molecule has 2 aromatic carbocycles. The molecule has 0 amide bonds. The number of phenolic OH excluding ortho intramolecular Hbond substituents is 1. The third-order valence-electron chi connectivity index (χ3n) is 2.60. The van der Waals surface area contributed by atoms with Gasteiger partial charge in [-0.3, -0.25) is 9.59 Å². The SMILES string of the molecule is O=C(/C=C/C(=O)c1ccc(O)cc1)c1ccccc1. The number of aromatic hydroxyl groups is 1. The predicted octanol–water partition coefficient (Wildman–Crippen LogP) is 3.01. The molecule has 1 N–H and O–H groups in total. The second-order valence-corrected chi connectivity index (χ2v) is 3.97. The molecule has 0 spiro atoms. The van der Waals surface area contributed by atoms with Gasteiger partial charge in [0.25, 0.3) is 0 Å². The van der Waals surface area contributed by atoms with E-state index in [9.17, 15) is 9.59 Å². The first-order chi connectivity index (χ1) is 9.16. The van der Waals surface area contributed by atoms with Crippen molar-refractivity contribution in [3.63, 3.8) is 0 Å². The van der Waals surface area contributed by atoms with Crippen molar-refractivity contribution >= 4 is 11.6 Å². The van der Waals surface area contributed by atoms with Gasteiger partial charge in [0.15, 0.2) is 11.6 Å². The molecule has 0 aliphatic heterocycles. The van der Waals surface area contributed by atoms with Gasteiger partial charge in [0.1, 0.15) is 5.75 Å². The molecule has 0 atom stereocenters. The van der Waals surface area contributed by atoms with E-state index in [1.165, 1.54) is 36.4 Å². The fraction of sp³-hybridized carbons (Fsp3) is 0. The zero-order valence-corrected chi connectivity index (χ0v) is 10.1. The third kappa shape index (κ3) is 3.39. The van der Waals surface area contributed by atoms with Gasteiger partial charge in [-0.2, -0.15) is 0 Å². The maximum Gasteiger partial charge on any atom is 0.185 e. The zero-order valence-electron chi connectivity index (χ0n) is 10.1. The number of hydrogen-bond acceptors (Lipinski definition) is 3. The summed E-state index contributed by atoms with van der Waals surface area (Å²) in [7, 11) is 0. The lowest BCUT2D eigenvalue weighted by atomic mass is 10.1. The van der Waals surface area contributed by atoms with Crippen molar-refractivity contribution in [3.05, 3.63) is 77.9 Å². The van der Waals surface area contributed by atoms with Gasteiger partial charge in [-0.15, -0.1) is 0 Å². The van der Waals surface area contributed by atoms with E-state index in [4.69, 9.17) is 5.11 Å². The van der Waals surface area contributed by atoms with E-state index >= 15 is 0 Å². The summed E-state index contributed by atoms with van der Waals surface area (Å²) in [6.45, 7) is 0. The monoisotopic (exact) mass is 252 g/mol. The first-order valence-electron chi connectivity index (χ1n) is 5.77. The average molecular weight is 252 g/mol. The molecule has 0 heterocycles. The van der Waals surface area contributed by atoms with Gasteiger partial charge < -0.3 is 5.11 Å². The molecule has 0 aliphatic carbocycles. The van der Waals surface area contributed by atoms with Crippen molar-refractivity contribution in [2.45, 2.75) is 0 Å². The summed E-state index contributed by atoms with van der Waals surface area (Å²) in [6.07, 6.45) is 2.49. The van der Waals surface area contributed by atoms with Crippen LogP contribution < -0.4 is 0 Å². The Bertz CT molecular complexity index is 610. The van der Waals surface area contributed by atoms with Gasteiger partial charge in [0.05, 0.1) is 0 Å². The minimum Gasteiger partial charge on any atom is -0.508 e. The molecule has 0 unspecified atom stereocenters. The number of allylic oxidation sites excluding steroid dienone is 2. The molecule has 19 heavy (non-hydrogen) atoms. The van der Waals surface area contributed by atoms with Crippen LogP contribution in [-0.2, 0) is 0 Å². The molecule has 94 valence electrons. The fourth-order valence-corrected chi connectivity index (χ4v) is 1.57. The smallest absolute Gasteiger partial charge is 0.185 e. The average Bonchev–Trinajstić information content (AvgIpc) is 2.46. The molecule has 0 saturated carbocycles. The minimum atomic E-state index is -0.274. The molecule has 0 saturated heterocycles. The number of ketones is 2. The summed E-state index contributed by atoms with van der Waals surface area (Å²) in [4.78, 5) is 23.5. The quantitative estimate of drug-likeness (QED) is 0.672. The Balaban J connectivity index is 2.09. The van der Waals surface area contributed by atoms with Crippen LogP contribution in [0.15, 0.2) is 66.7 Å². The van der Waals surface area contributed by atoms with Crippen molar-refractivity contribution in [1.29, 1.82) is 0 Å². The Hall–Kier alpha value is -2.68. The second-order valence-electron chi connectivity index (χ2n) is 3.97. The van der Waals surface area contributed by atoms with Crippen LogP contribution in [0.4, 0.5) is 0 Å². The molecule has 0 aromatic heterocycles. The summed E-state index contributed by atoms with van der Waals surface area (Å²) in [5.74, 6) is -0.391. The zero-order chi connectivity index (χ0) is 13.7. The van der Waals surface area contributed by atoms with E-state index in [2.05, 4.69) is 0 Å². The first-order valence-corrected chi connectivity index (χ1v) is 5.77. The van der Waals surface area contributed by atoms with Gasteiger partial charge in [-0.25, -0.2) is 0 Å². The van der Waals surface area contributed by atoms with Gasteiger partial charge in [-0.1, -0.05) is 30.3 Å². The number of phenols is 1. The number of carbonyl (C=O) groups is 2. The number of benzene rings is 2. The topological polar surface area (TPSA) is 54.4 Å². The molecular weight excluding hydrogens is 240 g/mol. The second kappa shape index (κ2) is 5.78. The normalized spacial score (nSPS) is 10.5. The molecule has 0 fully saturated rings. The van der Waals surface area contributed by atoms with E-state index in [-0.39, 0.29) is 17.3 Å². The molecule has 3 heteroatoms. The van der Waals surface area contributed by atoms with Gasteiger partial charge in [0.2, 0.25) is 0 Å². The van der Waals surface area contributed by atoms with Gasteiger partial charge >= 0.3 is 0 Å². The highest BCUT2D eigenvalue weighted by Crippen LogP contribution is 2.10. The van der Waals surface area contributed by atoms with E-state index in [0.717, 1.165) is 0 Å². The first kappa shape index (κ1) is 12.8. The van der Waals surface area contributed by atoms with Crippen LogP contribution in [-0.4, -0.2) is 16.7 Å². The largest absolute Gasteiger partial charge is 0.508 e. The summed E-state index contributed by atoms with van der Waals surface area (Å²) >= 11 is 0. The Morgan fingerprint density at radius 2 is 1.21 bits per heavy atom. The Morgan fingerprint density at radius 1 is 0.737 bits per heavy atom. The lowest BCUT2D eigenvalue weighted by molar-refractivity contribution is 0.102.